The zero-order chi connectivity index (χ0) is 14.5. The highest BCUT2D eigenvalue weighted by Gasteiger charge is 2.07. The number of non-ortho nitro benzene ring substituents is 1. The van der Waals surface area contributed by atoms with E-state index in [2.05, 4.69) is 15.6 Å². The van der Waals surface area contributed by atoms with Gasteiger partial charge < -0.3 is 11.1 Å². The predicted molar refractivity (Wildman–Crippen MR) is 68.9 cm³/mol. The molecular weight excluding hydrogens is 264 g/mol. The first-order valence-electron chi connectivity index (χ1n) is 5.73. The maximum atomic E-state index is 11.0. The van der Waals surface area contributed by atoms with Crippen LogP contribution in [0.25, 0.3) is 5.69 Å². The molecule has 1 aromatic carbocycles. The van der Waals surface area contributed by atoms with Gasteiger partial charge in [0.05, 0.1) is 29.9 Å². The summed E-state index contributed by atoms with van der Waals surface area (Å²) in [5, 5.41) is 20.9. The summed E-state index contributed by atoms with van der Waals surface area (Å²) in [5.41, 5.74) is 6.37. The first-order chi connectivity index (χ1) is 9.60. The van der Waals surface area contributed by atoms with Crippen molar-refractivity contribution in [2.45, 2.75) is 6.54 Å². The summed E-state index contributed by atoms with van der Waals surface area (Å²) in [6.45, 7) is 0.138. The number of nitro benzene ring substituents is 1. The monoisotopic (exact) mass is 276 g/mol. The highest BCUT2D eigenvalue weighted by Crippen LogP contribution is 2.14. The SMILES string of the molecule is NCC(=O)NCc1cn(-c2ccc([N+](=O)[O-])cc2)nn1. The fourth-order valence-corrected chi connectivity index (χ4v) is 1.49. The first kappa shape index (κ1) is 13.6. The molecule has 0 aliphatic rings. The maximum absolute atomic E-state index is 11.0. The third-order valence-electron chi connectivity index (χ3n) is 2.52. The predicted octanol–water partition coefficient (Wildman–Crippen LogP) is -0.250. The number of aromatic nitrogens is 3. The van der Waals surface area contributed by atoms with Gasteiger partial charge in [-0.2, -0.15) is 0 Å². The third kappa shape index (κ3) is 3.14. The fourth-order valence-electron chi connectivity index (χ4n) is 1.49. The Hall–Kier alpha value is -2.81. The minimum absolute atomic E-state index is 0.00398. The van der Waals surface area contributed by atoms with Gasteiger partial charge in [-0.3, -0.25) is 14.9 Å². The number of carbonyl (C=O) groups excluding carboxylic acids is 1. The van der Waals surface area contributed by atoms with E-state index in [1.165, 1.54) is 16.8 Å². The summed E-state index contributed by atoms with van der Waals surface area (Å²) in [7, 11) is 0. The van der Waals surface area contributed by atoms with Gasteiger partial charge in [-0.15, -0.1) is 5.10 Å². The lowest BCUT2D eigenvalue weighted by Gasteiger charge is -1.99. The fraction of sp³-hybridized carbons (Fsp3) is 0.182. The van der Waals surface area contributed by atoms with Crippen LogP contribution in [0.15, 0.2) is 30.5 Å². The normalized spacial score (nSPS) is 10.2. The molecule has 9 nitrogen and oxygen atoms in total. The molecule has 0 aliphatic heterocycles. The number of carbonyl (C=O) groups is 1. The first-order valence-corrected chi connectivity index (χ1v) is 5.73. The molecular formula is C11H12N6O3. The van der Waals surface area contributed by atoms with E-state index < -0.39 is 4.92 Å². The standard InChI is InChI=1S/C11H12N6O3/c12-5-11(18)13-6-8-7-16(15-14-8)9-1-3-10(4-2-9)17(19)20/h1-4,7H,5-6,12H2,(H,13,18). The second-order valence-corrected chi connectivity index (χ2v) is 3.91. The van der Waals surface area contributed by atoms with Crippen LogP contribution in [0.2, 0.25) is 0 Å². The number of benzene rings is 1. The molecule has 2 rings (SSSR count). The molecule has 1 heterocycles. The van der Waals surface area contributed by atoms with Crippen molar-refractivity contribution in [2.24, 2.45) is 5.73 Å². The molecule has 0 saturated heterocycles. The largest absolute Gasteiger partial charge is 0.349 e. The lowest BCUT2D eigenvalue weighted by Crippen LogP contribution is -2.29. The van der Waals surface area contributed by atoms with E-state index in [1.54, 1.807) is 18.3 Å². The van der Waals surface area contributed by atoms with Crippen LogP contribution >= 0.6 is 0 Å². The van der Waals surface area contributed by atoms with E-state index in [9.17, 15) is 14.9 Å². The Morgan fingerprint density at radius 3 is 2.70 bits per heavy atom. The molecule has 20 heavy (non-hydrogen) atoms. The highest BCUT2D eigenvalue weighted by atomic mass is 16.6. The zero-order valence-corrected chi connectivity index (χ0v) is 10.4. The van der Waals surface area contributed by atoms with Crippen LogP contribution in [-0.2, 0) is 11.3 Å². The molecule has 2 aromatic rings. The Morgan fingerprint density at radius 1 is 1.40 bits per heavy atom. The number of nitrogens with zero attached hydrogens (tertiary/aromatic N) is 4. The number of hydrogen-bond acceptors (Lipinski definition) is 6. The van der Waals surface area contributed by atoms with Crippen molar-refractivity contribution in [3.8, 4) is 5.69 Å². The average molecular weight is 276 g/mol. The third-order valence-corrected chi connectivity index (χ3v) is 2.52. The van der Waals surface area contributed by atoms with E-state index in [0.29, 0.717) is 11.4 Å². The Balaban J connectivity index is 2.08. The summed E-state index contributed by atoms with van der Waals surface area (Å²) in [6, 6.07) is 5.89. The molecule has 0 aliphatic carbocycles. The van der Waals surface area contributed by atoms with Crippen molar-refractivity contribution in [3.05, 3.63) is 46.3 Å². The Kier molecular flexibility index (Phi) is 4.01. The van der Waals surface area contributed by atoms with Crippen LogP contribution in [0.5, 0.6) is 0 Å². The summed E-state index contributed by atoms with van der Waals surface area (Å²) >= 11 is 0. The van der Waals surface area contributed by atoms with Crippen molar-refractivity contribution in [1.82, 2.24) is 20.3 Å². The maximum Gasteiger partial charge on any atom is 0.269 e. The van der Waals surface area contributed by atoms with Crippen molar-refractivity contribution in [1.29, 1.82) is 0 Å². The van der Waals surface area contributed by atoms with Gasteiger partial charge >= 0.3 is 0 Å². The van der Waals surface area contributed by atoms with Gasteiger partial charge in [0, 0.05) is 12.1 Å². The summed E-state index contributed by atoms with van der Waals surface area (Å²) in [5.74, 6) is -0.283. The van der Waals surface area contributed by atoms with E-state index >= 15 is 0 Å². The molecule has 1 amide bonds. The van der Waals surface area contributed by atoms with E-state index in [1.807, 2.05) is 0 Å². The molecule has 0 fully saturated rings. The number of nitrogens with two attached hydrogens (primary N) is 1. The number of nitrogens with one attached hydrogen (secondary N) is 1. The van der Waals surface area contributed by atoms with E-state index in [-0.39, 0.29) is 24.7 Å². The molecule has 0 bridgehead atoms. The van der Waals surface area contributed by atoms with Gasteiger partial charge in [-0.1, -0.05) is 5.21 Å². The Bertz CT molecular complexity index is 621. The number of rotatable bonds is 5. The van der Waals surface area contributed by atoms with Crippen LogP contribution < -0.4 is 11.1 Å². The number of amides is 1. The Labute approximate surface area is 113 Å². The lowest BCUT2D eigenvalue weighted by atomic mass is 10.3. The molecule has 0 saturated carbocycles. The van der Waals surface area contributed by atoms with Crippen molar-refractivity contribution >= 4 is 11.6 Å². The van der Waals surface area contributed by atoms with Crippen molar-refractivity contribution in [2.75, 3.05) is 6.54 Å². The van der Waals surface area contributed by atoms with Crippen LogP contribution in [-0.4, -0.2) is 32.4 Å². The second kappa shape index (κ2) is 5.89. The van der Waals surface area contributed by atoms with Gasteiger partial charge in [0.15, 0.2) is 0 Å². The van der Waals surface area contributed by atoms with Crippen LogP contribution in [0, 0.1) is 10.1 Å². The zero-order valence-electron chi connectivity index (χ0n) is 10.4. The van der Waals surface area contributed by atoms with Crippen LogP contribution in [0.3, 0.4) is 0 Å². The highest BCUT2D eigenvalue weighted by molar-refractivity contribution is 5.77. The second-order valence-electron chi connectivity index (χ2n) is 3.91. The van der Waals surface area contributed by atoms with E-state index in [4.69, 9.17) is 5.73 Å². The molecule has 9 heteroatoms. The molecule has 0 atom stereocenters. The number of hydrogen-bond donors (Lipinski definition) is 2. The molecule has 1 aromatic heterocycles. The summed E-state index contributed by atoms with van der Waals surface area (Å²) in [4.78, 5) is 21.1. The van der Waals surface area contributed by atoms with Crippen LogP contribution in [0.1, 0.15) is 5.69 Å². The summed E-state index contributed by atoms with van der Waals surface area (Å²) < 4.78 is 1.47. The quantitative estimate of drug-likeness (QED) is 0.572. The minimum Gasteiger partial charge on any atom is -0.349 e. The van der Waals surface area contributed by atoms with E-state index in [0.717, 1.165) is 0 Å². The van der Waals surface area contributed by atoms with Crippen molar-refractivity contribution in [3.63, 3.8) is 0 Å². The molecule has 0 unspecified atom stereocenters. The van der Waals surface area contributed by atoms with Gasteiger partial charge in [0.25, 0.3) is 5.69 Å². The number of nitro groups is 1. The minimum atomic E-state index is -0.473. The molecule has 0 radical (unpaired) electrons. The van der Waals surface area contributed by atoms with Gasteiger partial charge in [-0.05, 0) is 12.1 Å². The average Bonchev–Trinajstić information content (AvgIpc) is 2.93. The molecule has 0 spiro atoms. The smallest absolute Gasteiger partial charge is 0.269 e. The van der Waals surface area contributed by atoms with Crippen molar-refractivity contribution < 1.29 is 9.72 Å². The Morgan fingerprint density at radius 2 is 2.10 bits per heavy atom. The van der Waals surface area contributed by atoms with Gasteiger partial charge in [-0.25, -0.2) is 4.68 Å². The lowest BCUT2D eigenvalue weighted by molar-refractivity contribution is -0.384. The van der Waals surface area contributed by atoms with Gasteiger partial charge in [0.1, 0.15) is 5.69 Å². The van der Waals surface area contributed by atoms with Crippen LogP contribution in [0.4, 0.5) is 5.69 Å². The molecule has 3 N–H and O–H groups in total. The molecule has 104 valence electrons. The summed E-state index contributed by atoms with van der Waals surface area (Å²) in [6.07, 6.45) is 1.62. The topological polar surface area (TPSA) is 129 Å². The van der Waals surface area contributed by atoms with Gasteiger partial charge in [0.2, 0.25) is 5.91 Å².